The minimum Gasteiger partial charge on any atom is -0.309 e. The van der Waals surface area contributed by atoms with Crippen molar-refractivity contribution in [2.24, 2.45) is 7.05 Å². The lowest BCUT2D eigenvalue weighted by atomic mass is 10.3. The summed E-state index contributed by atoms with van der Waals surface area (Å²) in [7, 11) is 1.99. The Morgan fingerprint density at radius 2 is 2.29 bits per heavy atom. The highest BCUT2D eigenvalue weighted by atomic mass is 15.3. The van der Waals surface area contributed by atoms with Gasteiger partial charge < -0.3 is 5.32 Å². The van der Waals surface area contributed by atoms with Crippen molar-refractivity contribution < 1.29 is 0 Å². The molecule has 0 aromatic carbocycles. The summed E-state index contributed by atoms with van der Waals surface area (Å²) in [6.07, 6.45) is 4.76. The molecule has 2 aromatic heterocycles. The Labute approximate surface area is 101 Å². The summed E-state index contributed by atoms with van der Waals surface area (Å²) in [6, 6.07) is 4.09. The normalized spacial score (nSPS) is 10.9. The van der Waals surface area contributed by atoms with Crippen molar-refractivity contribution in [1.29, 1.82) is 0 Å². The van der Waals surface area contributed by atoms with Crippen LogP contribution in [0.1, 0.15) is 18.3 Å². The van der Waals surface area contributed by atoms with E-state index in [2.05, 4.69) is 28.5 Å². The summed E-state index contributed by atoms with van der Waals surface area (Å²) in [5, 5.41) is 12.0. The minimum atomic E-state index is 0.852. The fourth-order valence-electron chi connectivity index (χ4n) is 1.75. The van der Waals surface area contributed by atoms with Crippen molar-refractivity contribution in [3.63, 3.8) is 0 Å². The van der Waals surface area contributed by atoms with Gasteiger partial charge in [0.15, 0.2) is 0 Å². The van der Waals surface area contributed by atoms with Crippen LogP contribution in [0.15, 0.2) is 24.5 Å². The maximum absolute atomic E-state index is 4.42. The van der Waals surface area contributed by atoms with E-state index in [0.717, 1.165) is 31.7 Å². The summed E-state index contributed by atoms with van der Waals surface area (Å²) in [5.74, 6) is 0. The second-order valence-corrected chi connectivity index (χ2v) is 4.05. The summed E-state index contributed by atoms with van der Waals surface area (Å²) in [6.45, 7) is 4.78. The number of hydrogen-bond acceptors (Lipinski definition) is 3. The lowest BCUT2D eigenvalue weighted by Crippen LogP contribution is -2.21. The zero-order valence-electron chi connectivity index (χ0n) is 10.4. The SMILES string of the molecule is CCc1cc(CNCCn2cccn2)n(C)n1. The molecule has 1 N–H and O–H groups in total. The predicted molar refractivity (Wildman–Crippen MR) is 66.5 cm³/mol. The van der Waals surface area contributed by atoms with Crippen molar-refractivity contribution in [3.05, 3.63) is 35.9 Å². The molecule has 0 aliphatic heterocycles. The number of nitrogens with one attached hydrogen (secondary N) is 1. The first kappa shape index (κ1) is 11.9. The molecule has 0 fully saturated rings. The highest BCUT2D eigenvalue weighted by molar-refractivity contribution is 5.09. The summed E-state index contributed by atoms with van der Waals surface area (Å²) < 4.78 is 3.87. The van der Waals surface area contributed by atoms with Crippen molar-refractivity contribution in [1.82, 2.24) is 24.9 Å². The van der Waals surface area contributed by atoms with E-state index < -0.39 is 0 Å². The van der Waals surface area contributed by atoms with Gasteiger partial charge in [0.2, 0.25) is 0 Å². The molecule has 0 unspecified atom stereocenters. The van der Waals surface area contributed by atoms with Gasteiger partial charge in [-0.1, -0.05) is 6.92 Å². The molecule has 0 amide bonds. The standard InChI is InChI=1S/C12H19N5/c1-3-11-9-12(16(2)15-11)10-13-6-8-17-7-4-5-14-17/h4-5,7,9,13H,3,6,8,10H2,1-2H3. The summed E-state index contributed by atoms with van der Waals surface area (Å²) in [4.78, 5) is 0. The van der Waals surface area contributed by atoms with Crippen LogP contribution in [0.3, 0.4) is 0 Å². The fraction of sp³-hybridized carbons (Fsp3) is 0.500. The fourth-order valence-corrected chi connectivity index (χ4v) is 1.75. The van der Waals surface area contributed by atoms with Crippen LogP contribution in [0, 0.1) is 0 Å². The third-order valence-electron chi connectivity index (χ3n) is 2.77. The van der Waals surface area contributed by atoms with E-state index >= 15 is 0 Å². The molecule has 0 aliphatic carbocycles. The van der Waals surface area contributed by atoms with Gasteiger partial charge in [-0.05, 0) is 18.6 Å². The summed E-state index contributed by atoms with van der Waals surface area (Å²) in [5.41, 5.74) is 2.37. The van der Waals surface area contributed by atoms with Crippen LogP contribution in [0.4, 0.5) is 0 Å². The van der Waals surface area contributed by atoms with Gasteiger partial charge >= 0.3 is 0 Å². The molecule has 5 nitrogen and oxygen atoms in total. The average molecular weight is 233 g/mol. The molecular weight excluding hydrogens is 214 g/mol. The smallest absolute Gasteiger partial charge is 0.0625 e. The van der Waals surface area contributed by atoms with E-state index in [1.807, 2.05) is 28.7 Å². The highest BCUT2D eigenvalue weighted by Crippen LogP contribution is 2.03. The molecule has 0 aliphatic rings. The first-order chi connectivity index (χ1) is 8.29. The average Bonchev–Trinajstić information content (AvgIpc) is 2.94. The maximum Gasteiger partial charge on any atom is 0.0625 e. The molecule has 0 radical (unpaired) electrons. The monoisotopic (exact) mass is 233 g/mol. The number of aromatic nitrogens is 4. The van der Waals surface area contributed by atoms with Crippen molar-refractivity contribution in [2.45, 2.75) is 26.4 Å². The molecular formula is C12H19N5. The number of nitrogens with zero attached hydrogens (tertiary/aromatic N) is 4. The van der Waals surface area contributed by atoms with E-state index in [1.54, 1.807) is 6.20 Å². The zero-order valence-corrected chi connectivity index (χ0v) is 10.4. The molecule has 0 saturated heterocycles. The summed E-state index contributed by atoms with van der Waals surface area (Å²) >= 11 is 0. The van der Waals surface area contributed by atoms with Gasteiger partial charge in [-0.25, -0.2) is 0 Å². The molecule has 0 spiro atoms. The lowest BCUT2D eigenvalue weighted by Gasteiger charge is -2.05. The predicted octanol–water partition coefficient (Wildman–Crippen LogP) is 0.969. The largest absolute Gasteiger partial charge is 0.309 e. The lowest BCUT2D eigenvalue weighted by molar-refractivity contribution is 0.541. The Morgan fingerprint density at radius 1 is 1.41 bits per heavy atom. The topological polar surface area (TPSA) is 47.7 Å². The third-order valence-corrected chi connectivity index (χ3v) is 2.77. The van der Waals surface area contributed by atoms with Crippen LogP contribution >= 0.6 is 0 Å². The third kappa shape index (κ3) is 3.17. The van der Waals surface area contributed by atoms with Gasteiger partial charge in [0.05, 0.1) is 17.9 Å². The van der Waals surface area contributed by atoms with E-state index in [9.17, 15) is 0 Å². The van der Waals surface area contributed by atoms with Gasteiger partial charge in [0.1, 0.15) is 0 Å². The van der Waals surface area contributed by atoms with E-state index in [4.69, 9.17) is 0 Å². The van der Waals surface area contributed by atoms with Crippen LogP contribution in [-0.4, -0.2) is 26.1 Å². The Hall–Kier alpha value is -1.62. The molecule has 0 bridgehead atoms. The Morgan fingerprint density at radius 3 is 2.94 bits per heavy atom. The minimum absolute atomic E-state index is 0.852. The molecule has 17 heavy (non-hydrogen) atoms. The number of aryl methyl sites for hydroxylation is 2. The Kier molecular flexibility index (Phi) is 3.93. The van der Waals surface area contributed by atoms with E-state index in [0.29, 0.717) is 0 Å². The Bertz CT molecular complexity index is 443. The second kappa shape index (κ2) is 5.63. The van der Waals surface area contributed by atoms with Crippen molar-refractivity contribution >= 4 is 0 Å². The molecule has 92 valence electrons. The highest BCUT2D eigenvalue weighted by Gasteiger charge is 2.02. The molecule has 2 rings (SSSR count). The molecule has 5 heteroatoms. The number of rotatable bonds is 6. The second-order valence-electron chi connectivity index (χ2n) is 4.05. The Balaban J connectivity index is 1.76. The van der Waals surface area contributed by atoms with Crippen LogP contribution < -0.4 is 5.32 Å². The van der Waals surface area contributed by atoms with Gasteiger partial charge in [-0.15, -0.1) is 0 Å². The van der Waals surface area contributed by atoms with Gasteiger partial charge in [-0.3, -0.25) is 9.36 Å². The molecule has 0 atom stereocenters. The molecule has 2 heterocycles. The van der Waals surface area contributed by atoms with Crippen LogP contribution in [0.25, 0.3) is 0 Å². The first-order valence-corrected chi connectivity index (χ1v) is 5.99. The maximum atomic E-state index is 4.42. The van der Waals surface area contributed by atoms with Gasteiger partial charge in [-0.2, -0.15) is 10.2 Å². The first-order valence-electron chi connectivity index (χ1n) is 5.99. The zero-order chi connectivity index (χ0) is 12.1. The van der Waals surface area contributed by atoms with Crippen LogP contribution in [0.5, 0.6) is 0 Å². The van der Waals surface area contributed by atoms with E-state index in [1.165, 1.54) is 5.69 Å². The molecule has 2 aromatic rings. The van der Waals surface area contributed by atoms with Gasteiger partial charge in [0.25, 0.3) is 0 Å². The molecule has 0 saturated carbocycles. The quantitative estimate of drug-likeness (QED) is 0.756. The van der Waals surface area contributed by atoms with Crippen LogP contribution in [0.2, 0.25) is 0 Å². The number of hydrogen-bond donors (Lipinski definition) is 1. The van der Waals surface area contributed by atoms with Gasteiger partial charge in [0, 0.05) is 32.5 Å². The van der Waals surface area contributed by atoms with Crippen LogP contribution in [-0.2, 0) is 26.6 Å². The van der Waals surface area contributed by atoms with E-state index in [-0.39, 0.29) is 0 Å². The van der Waals surface area contributed by atoms with Crippen molar-refractivity contribution in [3.8, 4) is 0 Å². The van der Waals surface area contributed by atoms with Crippen molar-refractivity contribution in [2.75, 3.05) is 6.54 Å².